The van der Waals surface area contributed by atoms with Crippen LogP contribution in [0, 0.1) is 23.0 Å². The second kappa shape index (κ2) is 11.6. The van der Waals surface area contributed by atoms with E-state index in [1.165, 1.54) is 12.2 Å². The fourth-order valence-corrected chi connectivity index (χ4v) is 5.24. The maximum absolute atomic E-state index is 14.7. The highest BCUT2D eigenvalue weighted by Gasteiger charge is 2.33. The van der Waals surface area contributed by atoms with Crippen LogP contribution in [-0.2, 0) is 4.74 Å². The van der Waals surface area contributed by atoms with E-state index >= 15 is 0 Å². The van der Waals surface area contributed by atoms with Gasteiger partial charge in [-0.05, 0) is 48.5 Å². The van der Waals surface area contributed by atoms with Crippen LogP contribution in [0.1, 0.15) is 48.9 Å². The van der Waals surface area contributed by atoms with Gasteiger partial charge in [-0.15, -0.1) is 0 Å². The minimum Gasteiger partial charge on any atom is -0.488 e. The number of ether oxygens (including phenoxy) is 2. The molecule has 0 amide bonds. The van der Waals surface area contributed by atoms with Crippen LogP contribution in [0.15, 0.2) is 42.9 Å². The first-order chi connectivity index (χ1) is 18.8. The molecule has 5 atom stereocenters. The molecule has 2 aliphatic rings. The Kier molecular flexibility index (Phi) is 8.01. The van der Waals surface area contributed by atoms with Crippen molar-refractivity contribution in [3.05, 3.63) is 71.3 Å². The van der Waals surface area contributed by atoms with Crippen molar-refractivity contribution in [1.82, 2.24) is 15.0 Å². The number of aromatic nitrogens is 3. The maximum Gasteiger partial charge on any atom is 0.205 e. The monoisotopic (exact) mass is 538 g/mol. The number of nitrogens with zero attached hydrogens (tertiary/aromatic N) is 2. The molecule has 3 aromatic rings. The molecule has 2 aromatic heterocycles. The summed E-state index contributed by atoms with van der Waals surface area (Å²) in [5, 5.41) is 21.7. The van der Waals surface area contributed by atoms with Crippen LogP contribution in [0.3, 0.4) is 0 Å². The van der Waals surface area contributed by atoms with Crippen molar-refractivity contribution in [3.63, 3.8) is 0 Å². The molecule has 3 heterocycles. The van der Waals surface area contributed by atoms with E-state index in [-0.39, 0.29) is 35.4 Å². The fourth-order valence-electron chi connectivity index (χ4n) is 5.24. The third-order valence-electron chi connectivity index (χ3n) is 7.28. The van der Waals surface area contributed by atoms with Gasteiger partial charge in [0, 0.05) is 30.8 Å². The van der Waals surface area contributed by atoms with Crippen molar-refractivity contribution in [1.29, 1.82) is 5.41 Å². The average molecular weight is 539 g/mol. The molecule has 0 spiro atoms. The first-order valence-corrected chi connectivity index (χ1v) is 13.0. The summed E-state index contributed by atoms with van der Waals surface area (Å²) in [6.07, 6.45) is 9.17. The van der Waals surface area contributed by atoms with Crippen molar-refractivity contribution in [2.24, 2.45) is 11.7 Å². The summed E-state index contributed by atoms with van der Waals surface area (Å²) < 4.78 is 40.2. The second-order valence-electron chi connectivity index (χ2n) is 10.2. The van der Waals surface area contributed by atoms with Crippen LogP contribution in [0.25, 0.3) is 6.08 Å². The number of anilines is 2. The van der Waals surface area contributed by atoms with Gasteiger partial charge in [0.1, 0.15) is 23.5 Å². The van der Waals surface area contributed by atoms with Gasteiger partial charge >= 0.3 is 0 Å². The first kappa shape index (κ1) is 26.9. The van der Waals surface area contributed by atoms with Crippen molar-refractivity contribution in [2.45, 2.75) is 50.4 Å². The molecule has 11 heteroatoms. The Labute approximate surface area is 225 Å². The number of pyridine rings is 1. The number of aliphatic hydroxyl groups excluding tert-OH is 1. The van der Waals surface area contributed by atoms with Crippen LogP contribution in [0.2, 0.25) is 0 Å². The highest BCUT2D eigenvalue weighted by Crippen LogP contribution is 2.39. The minimum absolute atomic E-state index is 0.0703. The molecule has 1 saturated carbocycles. The number of aliphatic hydroxyl groups is 1. The third-order valence-corrected chi connectivity index (χ3v) is 7.28. The van der Waals surface area contributed by atoms with E-state index in [9.17, 15) is 13.9 Å². The third kappa shape index (κ3) is 6.16. The quantitative estimate of drug-likeness (QED) is 0.270. The lowest BCUT2D eigenvalue weighted by molar-refractivity contribution is 0.0521. The highest BCUT2D eigenvalue weighted by atomic mass is 19.1. The van der Waals surface area contributed by atoms with Crippen molar-refractivity contribution >= 4 is 23.4 Å². The van der Waals surface area contributed by atoms with E-state index in [1.54, 1.807) is 18.6 Å². The van der Waals surface area contributed by atoms with Gasteiger partial charge in [0.15, 0.2) is 0 Å². The lowest BCUT2D eigenvalue weighted by Crippen LogP contribution is -2.44. The molecule has 1 saturated heterocycles. The Morgan fingerprint density at radius 1 is 1.28 bits per heavy atom. The molecular formula is C28H32F2N6O3. The number of rotatable bonds is 8. The molecule has 1 aliphatic heterocycles. The predicted octanol–water partition coefficient (Wildman–Crippen LogP) is 4.28. The van der Waals surface area contributed by atoms with E-state index in [4.69, 9.17) is 20.6 Å². The Balaban J connectivity index is 1.26. The Morgan fingerprint density at radius 2 is 2.08 bits per heavy atom. The summed E-state index contributed by atoms with van der Waals surface area (Å²) in [6, 6.07) is 3.82. The van der Waals surface area contributed by atoms with Crippen LogP contribution >= 0.6 is 0 Å². The lowest BCUT2D eigenvalue weighted by Gasteiger charge is -2.36. The summed E-state index contributed by atoms with van der Waals surface area (Å²) in [6.45, 7) is 2.93. The number of halogens is 2. The molecule has 1 aliphatic carbocycles. The van der Waals surface area contributed by atoms with Gasteiger partial charge in [-0.1, -0.05) is 6.92 Å². The van der Waals surface area contributed by atoms with Gasteiger partial charge in [0.05, 0.1) is 54.4 Å². The zero-order valence-corrected chi connectivity index (χ0v) is 21.5. The standard InChI is InChI=1S/C28H32F2N6O3/c1-15-8-16(9-24(32)27(15)37)20-4-6-33-13-25(20)36-28-34-12-17(35-28)2-3-23(31)26-21(29)10-19(11-22(26)30)39-18-5-7-38-14-18/h2-4,6,10-13,15-16,18,24,27,31,37H,5,7-9,14,32H2,1H3,(H2,34,35,36)/b3-2-,31-23?. The SMILES string of the molecule is CC1CC(c2ccncc2Nc2ncc(/C=C\C(=N)c3c(F)cc(OC4CCOC4)cc3F)[nH]2)CC(N)C1O. The summed E-state index contributed by atoms with van der Waals surface area (Å²) in [7, 11) is 0. The number of hydrogen-bond donors (Lipinski definition) is 5. The van der Waals surface area contributed by atoms with E-state index in [1.807, 2.05) is 13.0 Å². The van der Waals surface area contributed by atoms with Crippen LogP contribution < -0.4 is 15.8 Å². The largest absolute Gasteiger partial charge is 0.488 e. The van der Waals surface area contributed by atoms with Gasteiger partial charge in [0.25, 0.3) is 0 Å². The second-order valence-corrected chi connectivity index (χ2v) is 10.2. The molecule has 6 N–H and O–H groups in total. The lowest BCUT2D eigenvalue weighted by atomic mass is 9.74. The zero-order chi connectivity index (χ0) is 27.5. The maximum atomic E-state index is 14.7. The number of nitrogens with two attached hydrogens (primary N) is 1. The van der Waals surface area contributed by atoms with E-state index in [0.717, 1.165) is 29.8 Å². The van der Waals surface area contributed by atoms with Gasteiger partial charge in [-0.3, -0.25) is 4.98 Å². The van der Waals surface area contributed by atoms with Gasteiger partial charge in [-0.25, -0.2) is 13.8 Å². The van der Waals surface area contributed by atoms with Gasteiger partial charge < -0.3 is 36.0 Å². The number of imidazole rings is 1. The van der Waals surface area contributed by atoms with E-state index in [2.05, 4.69) is 20.3 Å². The molecule has 9 nitrogen and oxygen atoms in total. The summed E-state index contributed by atoms with van der Waals surface area (Å²) >= 11 is 0. The van der Waals surface area contributed by atoms with E-state index in [0.29, 0.717) is 37.7 Å². The molecule has 0 radical (unpaired) electrons. The molecular weight excluding hydrogens is 506 g/mol. The molecule has 2 fully saturated rings. The molecule has 206 valence electrons. The molecule has 5 rings (SSSR count). The molecule has 0 bridgehead atoms. The first-order valence-electron chi connectivity index (χ1n) is 13.0. The number of aromatic amines is 1. The molecule has 1 aromatic carbocycles. The number of benzene rings is 1. The van der Waals surface area contributed by atoms with Crippen LogP contribution in [0.4, 0.5) is 20.4 Å². The Bertz CT molecular complexity index is 1320. The average Bonchev–Trinajstić information content (AvgIpc) is 3.58. The zero-order valence-electron chi connectivity index (χ0n) is 21.5. The Hall–Kier alpha value is -3.67. The van der Waals surface area contributed by atoms with Crippen LogP contribution in [0.5, 0.6) is 5.75 Å². The van der Waals surface area contributed by atoms with Gasteiger partial charge in [0.2, 0.25) is 5.95 Å². The number of H-pyrrole nitrogens is 1. The summed E-state index contributed by atoms with van der Waals surface area (Å²) in [5.74, 6) is -1.00. The number of hydrogen-bond acceptors (Lipinski definition) is 8. The highest BCUT2D eigenvalue weighted by molar-refractivity contribution is 6.09. The summed E-state index contributed by atoms with van der Waals surface area (Å²) in [4.78, 5) is 11.6. The fraction of sp³-hybridized carbons (Fsp3) is 0.393. The summed E-state index contributed by atoms with van der Waals surface area (Å²) in [5.41, 5.74) is 7.74. The Morgan fingerprint density at radius 3 is 2.79 bits per heavy atom. The minimum atomic E-state index is -0.876. The van der Waals surface area contributed by atoms with Crippen molar-refractivity contribution in [3.8, 4) is 5.75 Å². The number of nitrogens with one attached hydrogen (secondary N) is 3. The molecule has 39 heavy (non-hydrogen) atoms. The number of allylic oxidation sites excluding steroid dienone is 1. The normalized spacial score (nSPS) is 25.2. The van der Waals surface area contributed by atoms with Crippen molar-refractivity contribution in [2.75, 3.05) is 18.5 Å². The molecule has 5 unspecified atom stereocenters. The van der Waals surface area contributed by atoms with Gasteiger partial charge in [-0.2, -0.15) is 0 Å². The van der Waals surface area contributed by atoms with Crippen LogP contribution in [-0.4, -0.2) is 57.2 Å². The van der Waals surface area contributed by atoms with E-state index < -0.39 is 23.3 Å². The predicted molar refractivity (Wildman–Crippen MR) is 143 cm³/mol. The smallest absolute Gasteiger partial charge is 0.205 e. The topological polar surface area (TPSA) is 142 Å². The van der Waals surface area contributed by atoms with Crippen molar-refractivity contribution < 1.29 is 23.4 Å².